The molecule has 1 aromatic heterocycles. The van der Waals surface area contributed by atoms with Gasteiger partial charge < -0.3 is 11.1 Å². The molecule has 0 radical (unpaired) electrons. The maximum atomic E-state index is 5.97. The Hall–Kier alpha value is -2.26. The second-order valence-electron chi connectivity index (χ2n) is 4.60. The largest absolute Gasteiger partial charge is 0.398 e. The van der Waals surface area contributed by atoms with Gasteiger partial charge in [-0.2, -0.15) is 0 Å². The summed E-state index contributed by atoms with van der Waals surface area (Å²) >= 11 is 5.88. The van der Waals surface area contributed by atoms with Crippen LogP contribution in [-0.2, 0) is 6.54 Å². The predicted molar refractivity (Wildman–Crippen MR) is 84.9 cm³/mol. The molecule has 100 valence electrons. The number of anilines is 2. The van der Waals surface area contributed by atoms with Crippen LogP contribution in [0.5, 0.6) is 0 Å². The van der Waals surface area contributed by atoms with Crippen molar-refractivity contribution >= 4 is 33.7 Å². The molecule has 0 aliphatic rings. The molecule has 0 amide bonds. The van der Waals surface area contributed by atoms with Gasteiger partial charge in [0.1, 0.15) is 0 Å². The average molecular weight is 284 g/mol. The summed E-state index contributed by atoms with van der Waals surface area (Å²) in [5.74, 6) is 0. The molecule has 0 unspecified atom stereocenters. The third-order valence-corrected chi connectivity index (χ3v) is 3.50. The lowest BCUT2D eigenvalue weighted by Gasteiger charge is -2.11. The summed E-state index contributed by atoms with van der Waals surface area (Å²) in [6, 6.07) is 13.7. The van der Waals surface area contributed by atoms with E-state index in [2.05, 4.69) is 10.3 Å². The molecule has 3 rings (SSSR count). The van der Waals surface area contributed by atoms with E-state index in [0.717, 1.165) is 33.7 Å². The van der Waals surface area contributed by atoms with E-state index >= 15 is 0 Å². The van der Waals surface area contributed by atoms with Gasteiger partial charge in [0, 0.05) is 46.1 Å². The first kappa shape index (κ1) is 12.8. The molecule has 0 saturated heterocycles. The van der Waals surface area contributed by atoms with Crippen LogP contribution in [-0.4, -0.2) is 4.98 Å². The van der Waals surface area contributed by atoms with Crippen LogP contribution >= 0.6 is 11.6 Å². The van der Waals surface area contributed by atoms with Crippen LogP contribution in [0, 0.1) is 0 Å². The van der Waals surface area contributed by atoms with Crippen molar-refractivity contribution in [2.45, 2.75) is 6.54 Å². The minimum Gasteiger partial charge on any atom is -0.398 e. The lowest BCUT2D eigenvalue weighted by atomic mass is 10.1. The number of aromatic nitrogens is 1. The van der Waals surface area contributed by atoms with E-state index in [1.807, 2.05) is 42.5 Å². The van der Waals surface area contributed by atoms with Gasteiger partial charge in [-0.1, -0.05) is 23.7 Å². The molecule has 0 fully saturated rings. The number of nitrogens with one attached hydrogen (secondary N) is 1. The molecule has 0 saturated carbocycles. The minimum absolute atomic E-state index is 0.735. The van der Waals surface area contributed by atoms with Crippen molar-refractivity contribution in [1.82, 2.24) is 4.98 Å². The molecule has 0 aliphatic carbocycles. The first-order chi connectivity index (χ1) is 9.74. The van der Waals surface area contributed by atoms with Crippen LogP contribution < -0.4 is 11.1 Å². The maximum absolute atomic E-state index is 5.97. The lowest BCUT2D eigenvalue weighted by Crippen LogP contribution is -2.00. The molecule has 0 bridgehead atoms. The first-order valence-electron chi connectivity index (χ1n) is 6.34. The zero-order valence-electron chi connectivity index (χ0n) is 10.8. The summed E-state index contributed by atoms with van der Waals surface area (Å²) in [4.78, 5) is 4.12. The number of pyridine rings is 1. The highest BCUT2D eigenvalue weighted by molar-refractivity contribution is 6.30. The van der Waals surface area contributed by atoms with Crippen molar-refractivity contribution in [3.63, 3.8) is 0 Å². The summed E-state index contributed by atoms with van der Waals surface area (Å²) in [6.07, 6.45) is 3.56. The van der Waals surface area contributed by atoms with Crippen LogP contribution in [0.2, 0.25) is 5.02 Å². The number of halogens is 1. The van der Waals surface area contributed by atoms with Crippen LogP contribution in [0.25, 0.3) is 10.8 Å². The topological polar surface area (TPSA) is 50.9 Å². The zero-order valence-corrected chi connectivity index (χ0v) is 11.6. The molecular formula is C16H14ClN3. The van der Waals surface area contributed by atoms with Crippen molar-refractivity contribution in [2.75, 3.05) is 11.1 Å². The molecule has 20 heavy (non-hydrogen) atoms. The Morgan fingerprint density at radius 2 is 1.80 bits per heavy atom. The Morgan fingerprint density at radius 1 is 1.00 bits per heavy atom. The van der Waals surface area contributed by atoms with Gasteiger partial charge in [0.15, 0.2) is 0 Å². The summed E-state index contributed by atoms with van der Waals surface area (Å²) in [6.45, 7) is 0.735. The fourth-order valence-electron chi connectivity index (χ4n) is 2.17. The molecule has 3 N–H and O–H groups in total. The monoisotopic (exact) mass is 283 g/mol. The summed E-state index contributed by atoms with van der Waals surface area (Å²) in [5, 5.41) is 6.22. The second kappa shape index (κ2) is 5.39. The molecule has 0 atom stereocenters. The Kier molecular flexibility index (Phi) is 3.44. The number of nitrogen functional groups attached to an aromatic ring is 1. The van der Waals surface area contributed by atoms with Crippen molar-refractivity contribution in [3.8, 4) is 0 Å². The van der Waals surface area contributed by atoms with E-state index in [1.54, 1.807) is 12.4 Å². The number of hydrogen-bond acceptors (Lipinski definition) is 3. The van der Waals surface area contributed by atoms with Crippen LogP contribution in [0.1, 0.15) is 5.56 Å². The highest BCUT2D eigenvalue weighted by Gasteiger charge is 2.03. The normalized spacial score (nSPS) is 10.7. The van der Waals surface area contributed by atoms with Crippen molar-refractivity contribution in [2.24, 2.45) is 0 Å². The molecular weight excluding hydrogens is 270 g/mol. The Labute approximate surface area is 122 Å². The van der Waals surface area contributed by atoms with Crippen molar-refractivity contribution in [3.05, 3.63) is 65.4 Å². The SMILES string of the molecule is Nc1ccc(NCc2ccc(Cl)cc2)c2ccncc12. The number of nitrogens with two attached hydrogens (primary N) is 1. The zero-order chi connectivity index (χ0) is 13.9. The number of fused-ring (bicyclic) bond motifs is 1. The molecule has 3 aromatic rings. The van der Waals surface area contributed by atoms with E-state index in [1.165, 1.54) is 5.56 Å². The van der Waals surface area contributed by atoms with Crippen LogP contribution in [0.4, 0.5) is 11.4 Å². The average Bonchev–Trinajstić information content (AvgIpc) is 2.49. The predicted octanol–water partition coefficient (Wildman–Crippen LogP) is 4.08. The number of benzene rings is 2. The fourth-order valence-corrected chi connectivity index (χ4v) is 2.29. The third-order valence-electron chi connectivity index (χ3n) is 3.25. The molecule has 3 nitrogen and oxygen atoms in total. The van der Waals surface area contributed by atoms with Crippen LogP contribution in [0.15, 0.2) is 54.9 Å². The fraction of sp³-hybridized carbons (Fsp3) is 0.0625. The van der Waals surface area contributed by atoms with Gasteiger partial charge in [-0.3, -0.25) is 4.98 Å². The van der Waals surface area contributed by atoms with Gasteiger partial charge in [-0.25, -0.2) is 0 Å². The molecule has 1 heterocycles. The Morgan fingerprint density at radius 3 is 2.60 bits per heavy atom. The quantitative estimate of drug-likeness (QED) is 0.712. The third kappa shape index (κ3) is 2.53. The van der Waals surface area contributed by atoms with E-state index in [0.29, 0.717) is 0 Å². The molecule has 4 heteroatoms. The smallest absolute Gasteiger partial charge is 0.0425 e. The van der Waals surface area contributed by atoms with Gasteiger partial charge in [-0.05, 0) is 35.9 Å². The van der Waals surface area contributed by atoms with Gasteiger partial charge >= 0.3 is 0 Å². The highest BCUT2D eigenvalue weighted by Crippen LogP contribution is 2.27. The van der Waals surface area contributed by atoms with Crippen molar-refractivity contribution < 1.29 is 0 Å². The standard InChI is InChI=1S/C16H14ClN3/c17-12-3-1-11(2-4-12)9-20-16-6-5-15(18)14-10-19-8-7-13(14)16/h1-8,10,20H,9,18H2. The van der Waals surface area contributed by atoms with Gasteiger partial charge in [0.05, 0.1) is 0 Å². The van der Waals surface area contributed by atoms with E-state index < -0.39 is 0 Å². The molecule has 0 spiro atoms. The minimum atomic E-state index is 0.735. The maximum Gasteiger partial charge on any atom is 0.0425 e. The van der Waals surface area contributed by atoms with E-state index in [4.69, 9.17) is 17.3 Å². The summed E-state index contributed by atoms with van der Waals surface area (Å²) in [7, 11) is 0. The van der Waals surface area contributed by atoms with E-state index in [-0.39, 0.29) is 0 Å². The number of rotatable bonds is 3. The van der Waals surface area contributed by atoms with E-state index in [9.17, 15) is 0 Å². The first-order valence-corrected chi connectivity index (χ1v) is 6.72. The Bertz CT molecular complexity index is 738. The lowest BCUT2D eigenvalue weighted by molar-refractivity contribution is 1.15. The van der Waals surface area contributed by atoms with Crippen molar-refractivity contribution in [1.29, 1.82) is 0 Å². The molecule has 2 aromatic carbocycles. The summed E-state index contributed by atoms with van der Waals surface area (Å²) in [5.41, 5.74) is 8.93. The van der Waals surface area contributed by atoms with Crippen LogP contribution in [0.3, 0.4) is 0 Å². The number of nitrogens with zero attached hydrogens (tertiary/aromatic N) is 1. The Balaban J connectivity index is 1.88. The molecule has 0 aliphatic heterocycles. The van der Waals surface area contributed by atoms with Gasteiger partial charge in [0.25, 0.3) is 0 Å². The summed E-state index contributed by atoms with van der Waals surface area (Å²) < 4.78 is 0. The van der Waals surface area contributed by atoms with Gasteiger partial charge in [-0.15, -0.1) is 0 Å². The highest BCUT2D eigenvalue weighted by atomic mass is 35.5. The van der Waals surface area contributed by atoms with Gasteiger partial charge in [0.2, 0.25) is 0 Å². The number of hydrogen-bond donors (Lipinski definition) is 2. The second-order valence-corrected chi connectivity index (χ2v) is 5.04.